The molecular weight excluding hydrogens is 278 g/mol. The number of carbonyl (C=O) groups excluding carboxylic acids is 1. The topological polar surface area (TPSA) is 20.3 Å². The van der Waals surface area contributed by atoms with Gasteiger partial charge in [-0.1, -0.05) is 23.4 Å². The standard InChI is InChI=1S/C15H14ClNOS/c1-17(2)15(18)11-3-7-13(8-4-11)19-14-9-5-12(16)6-10-14/h3-10H,1-2H3. The van der Waals surface area contributed by atoms with Gasteiger partial charge in [-0.3, -0.25) is 4.79 Å². The van der Waals surface area contributed by atoms with Crippen molar-refractivity contribution in [3.05, 3.63) is 59.1 Å². The lowest BCUT2D eigenvalue weighted by Crippen LogP contribution is -2.21. The van der Waals surface area contributed by atoms with E-state index in [4.69, 9.17) is 11.6 Å². The van der Waals surface area contributed by atoms with Crippen molar-refractivity contribution in [1.82, 2.24) is 4.90 Å². The third kappa shape index (κ3) is 3.75. The normalized spacial score (nSPS) is 10.3. The first kappa shape index (κ1) is 14.0. The van der Waals surface area contributed by atoms with E-state index in [1.165, 1.54) is 0 Å². The Hall–Kier alpha value is -1.45. The molecule has 1 amide bonds. The number of rotatable bonds is 3. The van der Waals surface area contributed by atoms with Crippen LogP contribution < -0.4 is 0 Å². The molecule has 0 fully saturated rings. The Kier molecular flexibility index (Phi) is 4.51. The van der Waals surface area contributed by atoms with E-state index in [2.05, 4.69) is 0 Å². The molecule has 2 aromatic carbocycles. The summed E-state index contributed by atoms with van der Waals surface area (Å²) < 4.78 is 0. The number of halogens is 1. The third-order valence-electron chi connectivity index (χ3n) is 2.56. The van der Waals surface area contributed by atoms with Crippen LogP contribution in [0.1, 0.15) is 10.4 Å². The lowest BCUT2D eigenvalue weighted by molar-refractivity contribution is 0.0827. The van der Waals surface area contributed by atoms with Crippen LogP contribution in [0, 0.1) is 0 Å². The van der Waals surface area contributed by atoms with Crippen LogP contribution in [0.25, 0.3) is 0 Å². The van der Waals surface area contributed by atoms with Crippen LogP contribution in [0.3, 0.4) is 0 Å². The molecule has 2 aromatic rings. The number of benzene rings is 2. The van der Waals surface area contributed by atoms with Crippen molar-refractivity contribution < 1.29 is 4.79 Å². The molecule has 0 heterocycles. The molecule has 0 aliphatic carbocycles. The summed E-state index contributed by atoms with van der Waals surface area (Å²) in [6, 6.07) is 15.3. The van der Waals surface area contributed by atoms with Crippen LogP contribution in [0.4, 0.5) is 0 Å². The van der Waals surface area contributed by atoms with Crippen LogP contribution in [-0.4, -0.2) is 24.9 Å². The molecule has 4 heteroatoms. The zero-order chi connectivity index (χ0) is 13.8. The minimum atomic E-state index is 0.0167. The second-order valence-corrected chi connectivity index (χ2v) is 5.86. The third-order valence-corrected chi connectivity index (χ3v) is 3.82. The molecule has 0 aliphatic heterocycles. The number of hydrogen-bond acceptors (Lipinski definition) is 2. The molecule has 19 heavy (non-hydrogen) atoms. The molecule has 0 bridgehead atoms. The number of hydrogen-bond donors (Lipinski definition) is 0. The summed E-state index contributed by atoms with van der Waals surface area (Å²) in [5, 5.41) is 0.733. The van der Waals surface area contributed by atoms with Gasteiger partial charge in [0.1, 0.15) is 0 Å². The van der Waals surface area contributed by atoms with Crippen LogP contribution >= 0.6 is 23.4 Å². The molecule has 98 valence electrons. The van der Waals surface area contributed by atoms with E-state index in [9.17, 15) is 4.79 Å². The minimum absolute atomic E-state index is 0.0167. The maximum absolute atomic E-state index is 11.8. The van der Waals surface area contributed by atoms with Gasteiger partial charge in [0.15, 0.2) is 0 Å². The minimum Gasteiger partial charge on any atom is -0.345 e. The maximum atomic E-state index is 11.8. The second-order valence-electron chi connectivity index (χ2n) is 4.28. The monoisotopic (exact) mass is 291 g/mol. The molecule has 0 saturated carbocycles. The molecule has 0 atom stereocenters. The van der Waals surface area contributed by atoms with Crippen LogP contribution in [0.2, 0.25) is 5.02 Å². The average molecular weight is 292 g/mol. The molecule has 0 spiro atoms. The van der Waals surface area contributed by atoms with Crippen molar-refractivity contribution in [2.75, 3.05) is 14.1 Å². The summed E-state index contributed by atoms with van der Waals surface area (Å²) in [5.41, 5.74) is 0.699. The van der Waals surface area contributed by atoms with E-state index in [1.807, 2.05) is 48.5 Å². The van der Waals surface area contributed by atoms with Gasteiger partial charge in [-0.2, -0.15) is 0 Å². The van der Waals surface area contributed by atoms with Gasteiger partial charge in [-0.25, -0.2) is 0 Å². The second kappa shape index (κ2) is 6.13. The number of carbonyl (C=O) groups is 1. The van der Waals surface area contributed by atoms with E-state index in [0.29, 0.717) is 5.56 Å². The molecule has 0 N–H and O–H groups in total. The fourth-order valence-electron chi connectivity index (χ4n) is 1.56. The smallest absolute Gasteiger partial charge is 0.253 e. The summed E-state index contributed by atoms with van der Waals surface area (Å²) in [5.74, 6) is 0.0167. The molecule has 2 nitrogen and oxygen atoms in total. The Bertz CT molecular complexity index is 564. The zero-order valence-electron chi connectivity index (χ0n) is 10.8. The van der Waals surface area contributed by atoms with Gasteiger partial charge in [-0.15, -0.1) is 0 Å². The fourth-order valence-corrected chi connectivity index (χ4v) is 2.50. The van der Waals surface area contributed by atoms with Crippen molar-refractivity contribution in [3.63, 3.8) is 0 Å². The van der Waals surface area contributed by atoms with E-state index >= 15 is 0 Å². The largest absolute Gasteiger partial charge is 0.345 e. The average Bonchev–Trinajstić information content (AvgIpc) is 2.41. The lowest BCUT2D eigenvalue weighted by Gasteiger charge is -2.10. The van der Waals surface area contributed by atoms with Crippen molar-refractivity contribution in [2.45, 2.75) is 9.79 Å². The fraction of sp³-hybridized carbons (Fsp3) is 0.133. The van der Waals surface area contributed by atoms with Crippen molar-refractivity contribution in [3.8, 4) is 0 Å². The highest BCUT2D eigenvalue weighted by molar-refractivity contribution is 7.99. The predicted molar refractivity (Wildman–Crippen MR) is 80.0 cm³/mol. The van der Waals surface area contributed by atoms with E-state index in [1.54, 1.807) is 30.8 Å². The van der Waals surface area contributed by atoms with E-state index < -0.39 is 0 Å². The van der Waals surface area contributed by atoms with E-state index in [0.717, 1.165) is 14.8 Å². The first-order valence-corrected chi connectivity index (χ1v) is 7.01. The summed E-state index contributed by atoms with van der Waals surface area (Å²) in [7, 11) is 3.50. The van der Waals surface area contributed by atoms with Gasteiger partial charge in [0.25, 0.3) is 5.91 Å². The molecule has 0 aliphatic rings. The van der Waals surface area contributed by atoms with Gasteiger partial charge in [-0.05, 0) is 48.5 Å². The number of amides is 1. The maximum Gasteiger partial charge on any atom is 0.253 e. The summed E-state index contributed by atoms with van der Waals surface area (Å²) in [6.45, 7) is 0. The lowest BCUT2D eigenvalue weighted by atomic mass is 10.2. The molecule has 0 aromatic heterocycles. The molecule has 0 unspecified atom stereocenters. The van der Waals surface area contributed by atoms with Crippen LogP contribution in [0.15, 0.2) is 58.3 Å². The molecular formula is C15H14ClNOS. The Balaban J connectivity index is 2.10. The van der Waals surface area contributed by atoms with Gasteiger partial charge >= 0.3 is 0 Å². The van der Waals surface area contributed by atoms with Gasteiger partial charge in [0.05, 0.1) is 0 Å². The highest BCUT2D eigenvalue weighted by atomic mass is 35.5. The first-order chi connectivity index (χ1) is 9.06. The van der Waals surface area contributed by atoms with Crippen molar-refractivity contribution >= 4 is 29.3 Å². The van der Waals surface area contributed by atoms with E-state index in [-0.39, 0.29) is 5.91 Å². The van der Waals surface area contributed by atoms with Crippen molar-refractivity contribution in [1.29, 1.82) is 0 Å². The first-order valence-electron chi connectivity index (χ1n) is 5.81. The Morgan fingerprint density at radius 1 is 0.947 bits per heavy atom. The summed E-state index contributed by atoms with van der Waals surface area (Å²) in [6.07, 6.45) is 0. The Labute approximate surface area is 122 Å². The van der Waals surface area contributed by atoms with Crippen molar-refractivity contribution in [2.24, 2.45) is 0 Å². The Morgan fingerprint density at radius 3 is 1.89 bits per heavy atom. The predicted octanol–water partition coefficient (Wildman–Crippen LogP) is 4.19. The SMILES string of the molecule is CN(C)C(=O)c1ccc(Sc2ccc(Cl)cc2)cc1. The van der Waals surface area contributed by atoms with Gasteiger partial charge < -0.3 is 4.90 Å². The summed E-state index contributed by atoms with van der Waals surface area (Å²) >= 11 is 7.49. The highest BCUT2D eigenvalue weighted by Crippen LogP contribution is 2.28. The summed E-state index contributed by atoms with van der Waals surface area (Å²) in [4.78, 5) is 15.5. The molecule has 2 rings (SSSR count). The van der Waals surface area contributed by atoms with Crippen LogP contribution in [-0.2, 0) is 0 Å². The van der Waals surface area contributed by atoms with Crippen LogP contribution in [0.5, 0.6) is 0 Å². The van der Waals surface area contributed by atoms with Gasteiger partial charge in [0.2, 0.25) is 0 Å². The number of nitrogens with zero attached hydrogens (tertiary/aromatic N) is 1. The molecule has 0 saturated heterocycles. The van der Waals surface area contributed by atoms with Gasteiger partial charge in [0, 0.05) is 34.5 Å². The Morgan fingerprint density at radius 2 is 1.42 bits per heavy atom. The highest BCUT2D eigenvalue weighted by Gasteiger charge is 2.07. The zero-order valence-corrected chi connectivity index (χ0v) is 12.3. The quantitative estimate of drug-likeness (QED) is 0.845. The molecule has 0 radical (unpaired) electrons.